The second-order valence-corrected chi connectivity index (χ2v) is 3.52. The Bertz CT molecular complexity index is 501. The van der Waals surface area contributed by atoms with Gasteiger partial charge in [-0.05, 0) is 30.7 Å². The van der Waals surface area contributed by atoms with Gasteiger partial charge >= 0.3 is 6.18 Å². The smallest absolute Gasteiger partial charge is 0.449 e. The predicted octanol–water partition coefficient (Wildman–Crippen LogP) is 2.95. The first-order valence-electron chi connectivity index (χ1n) is 4.80. The predicted molar refractivity (Wildman–Crippen MR) is 54.0 cm³/mol. The Kier molecular flexibility index (Phi) is 2.63. The minimum atomic E-state index is -4.44. The van der Waals surface area contributed by atoms with E-state index >= 15 is 0 Å². The van der Waals surface area contributed by atoms with Crippen LogP contribution in [0.3, 0.4) is 0 Å². The molecule has 0 aliphatic carbocycles. The number of hydrogen-bond acceptors (Lipinski definition) is 2. The molecule has 1 heterocycles. The SMILES string of the molecule is NCCc1ccc2cc(C(F)(F)F)oc2c1. The maximum atomic E-state index is 12.4. The molecule has 0 saturated carbocycles. The molecule has 0 fully saturated rings. The van der Waals surface area contributed by atoms with E-state index in [1.54, 1.807) is 18.2 Å². The number of alkyl halides is 3. The standard InChI is InChI=1S/C11H10F3NO/c12-11(13,14)10-6-8-2-1-7(3-4-15)5-9(8)16-10/h1-2,5-6H,3-4,15H2. The van der Waals surface area contributed by atoms with Gasteiger partial charge in [-0.2, -0.15) is 13.2 Å². The minimum absolute atomic E-state index is 0.248. The van der Waals surface area contributed by atoms with E-state index in [9.17, 15) is 13.2 Å². The third-order valence-electron chi connectivity index (χ3n) is 2.30. The highest BCUT2D eigenvalue weighted by molar-refractivity contribution is 5.78. The summed E-state index contributed by atoms with van der Waals surface area (Å²) in [4.78, 5) is 0. The molecule has 0 radical (unpaired) electrons. The molecule has 0 spiro atoms. The van der Waals surface area contributed by atoms with E-state index in [-0.39, 0.29) is 5.58 Å². The highest BCUT2D eigenvalue weighted by Gasteiger charge is 2.35. The lowest BCUT2D eigenvalue weighted by Crippen LogP contribution is -2.02. The van der Waals surface area contributed by atoms with Crippen LogP contribution < -0.4 is 5.73 Å². The lowest BCUT2D eigenvalue weighted by molar-refractivity contribution is -0.152. The largest absolute Gasteiger partial charge is 0.451 e. The lowest BCUT2D eigenvalue weighted by Gasteiger charge is -1.99. The molecule has 0 aliphatic heterocycles. The zero-order valence-electron chi connectivity index (χ0n) is 8.34. The Balaban J connectivity index is 2.46. The third-order valence-corrected chi connectivity index (χ3v) is 2.30. The van der Waals surface area contributed by atoms with Gasteiger partial charge in [0.15, 0.2) is 0 Å². The summed E-state index contributed by atoms with van der Waals surface area (Å²) in [5.74, 6) is -0.965. The van der Waals surface area contributed by atoms with E-state index in [0.717, 1.165) is 11.6 Å². The molecule has 0 saturated heterocycles. The van der Waals surface area contributed by atoms with Crippen molar-refractivity contribution in [3.05, 3.63) is 35.6 Å². The van der Waals surface area contributed by atoms with Gasteiger partial charge in [-0.25, -0.2) is 0 Å². The van der Waals surface area contributed by atoms with Crippen LogP contribution in [0.1, 0.15) is 11.3 Å². The molecule has 0 amide bonds. The first-order chi connectivity index (χ1) is 7.50. The molecule has 0 atom stereocenters. The third kappa shape index (κ3) is 2.04. The quantitative estimate of drug-likeness (QED) is 0.859. The summed E-state index contributed by atoms with van der Waals surface area (Å²) in [5.41, 5.74) is 6.49. The molecule has 86 valence electrons. The average molecular weight is 229 g/mol. The number of furan rings is 1. The van der Waals surface area contributed by atoms with Gasteiger partial charge < -0.3 is 10.2 Å². The van der Waals surface area contributed by atoms with Crippen molar-refractivity contribution < 1.29 is 17.6 Å². The van der Waals surface area contributed by atoms with Gasteiger partial charge in [-0.15, -0.1) is 0 Å². The van der Waals surface area contributed by atoms with E-state index in [0.29, 0.717) is 18.4 Å². The van der Waals surface area contributed by atoms with Crippen molar-refractivity contribution in [3.8, 4) is 0 Å². The van der Waals surface area contributed by atoms with Crippen molar-refractivity contribution in [2.75, 3.05) is 6.54 Å². The normalized spacial score (nSPS) is 12.2. The molecule has 2 N–H and O–H groups in total. The molecule has 1 aromatic heterocycles. The fourth-order valence-electron chi connectivity index (χ4n) is 1.54. The van der Waals surface area contributed by atoms with Crippen LogP contribution in [0.25, 0.3) is 11.0 Å². The molecule has 2 nitrogen and oxygen atoms in total. The molecule has 2 aromatic rings. The first-order valence-corrected chi connectivity index (χ1v) is 4.80. The van der Waals surface area contributed by atoms with Gasteiger partial charge in [0.2, 0.25) is 5.76 Å². The molecular formula is C11H10F3NO. The second-order valence-electron chi connectivity index (χ2n) is 3.52. The van der Waals surface area contributed by atoms with Crippen LogP contribution in [0.5, 0.6) is 0 Å². The summed E-state index contributed by atoms with van der Waals surface area (Å²) in [6.45, 7) is 0.457. The van der Waals surface area contributed by atoms with Crippen LogP contribution in [-0.2, 0) is 12.6 Å². The summed E-state index contributed by atoms with van der Waals surface area (Å²) in [7, 11) is 0. The highest BCUT2D eigenvalue weighted by Crippen LogP contribution is 2.33. The lowest BCUT2D eigenvalue weighted by atomic mass is 10.1. The van der Waals surface area contributed by atoms with Crippen LogP contribution in [0.2, 0.25) is 0 Å². The van der Waals surface area contributed by atoms with Crippen LogP contribution in [0.15, 0.2) is 28.7 Å². The average Bonchev–Trinajstić information content (AvgIpc) is 2.60. The molecule has 0 aliphatic rings. The monoisotopic (exact) mass is 229 g/mol. The number of fused-ring (bicyclic) bond motifs is 1. The zero-order valence-corrected chi connectivity index (χ0v) is 8.34. The molecule has 2 rings (SSSR count). The maximum absolute atomic E-state index is 12.4. The molecule has 16 heavy (non-hydrogen) atoms. The highest BCUT2D eigenvalue weighted by atomic mass is 19.4. The van der Waals surface area contributed by atoms with E-state index in [1.807, 2.05) is 0 Å². The van der Waals surface area contributed by atoms with Crippen molar-refractivity contribution in [3.63, 3.8) is 0 Å². The maximum Gasteiger partial charge on any atom is 0.449 e. The van der Waals surface area contributed by atoms with Gasteiger partial charge in [0, 0.05) is 5.39 Å². The molecule has 5 heteroatoms. The summed E-state index contributed by atoms with van der Waals surface area (Å²) < 4.78 is 41.8. The molecule has 0 bridgehead atoms. The van der Waals surface area contributed by atoms with Gasteiger partial charge in [0.05, 0.1) is 0 Å². The van der Waals surface area contributed by atoms with Gasteiger partial charge in [0.1, 0.15) is 5.58 Å². The van der Waals surface area contributed by atoms with E-state index in [2.05, 4.69) is 0 Å². The first kappa shape index (κ1) is 11.0. The van der Waals surface area contributed by atoms with E-state index in [4.69, 9.17) is 10.2 Å². The number of nitrogens with two attached hydrogens (primary N) is 1. The van der Waals surface area contributed by atoms with E-state index in [1.165, 1.54) is 0 Å². The van der Waals surface area contributed by atoms with Crippen LogP contribution in [0, 0.1) is 0 Å². The summed E-state index contributed by atoms with van der Waals surface area (Å²) in [5, 5.41) is 0.452. The fourth-order valence-corrected chi connectivity index (χ4v) is 1.54. The van der Waals surface area contributed by atoms with Crippen LogP contribution >= 0.6 is 0 Å². The van der Waals surface area contributed by atoms with Crippen molar-refractivity contribution in [1.29, 1.82) is 0 Å². The Morgan fingerprint density at radius 3 is 2.56 bits per heavy atom. The van der Waals surface area contributed by atoms with Crippen molar-refractivity contribution in [2.45, 2.75) is 12.6 Å². The molecular weight excluding hydrogens is 219 g/mol. The van der Waals surface area contributed by atoms with Crippen molar-refractivity contribution in [1.82, 2.24) is 0 Å². The number of rotatable bonds is 2. The number of hydrogen-bond donors (Lipinski definition) is 1. The molecule has 1 aromatic carbocycles. The minimum Gasteiger partial charge on any atom is -0.451 e. The summed E-state index contributed by atoms with van der Waals surface area (Å²) in [6, 6.07) is 5.96. The number of benzene rings is 1. The Morgan fingerprint density at radius 1 is 1.19 bits per heavy atom. The van der Waals surface area contributed by atoms with Crippen LogP contribution in [0.4, 0.5) is 13.2 Å². The Labute approximate surface area is 89.8 Å². The van der Waals surface area contributed by atoms with Gasteiger partial charge in [-0.1, -0.05) is 12.1 Å². The van der Waals surface area contributed by atoms with Crippen molar-refractivity contribution in [2.24, 2.45) is 5.73 Å². The molecule has 0 unspecified atom stereocenters. The zero-order chi connectivity index (χ0) is 11.8. The van der Waals surface area contributed by atoms with Crippen molar-refractivity contribution >= 4 is 11.0 Å². The Morgan fingerprint density at radius 2 is 1.94 bits per heavy atom. The van der Waals surface area contributed by atoms with Gasteiger partial charge in [0.25, 0.3) is 0 Å². The summed E-state index contributed by atoms with van der Waals surface area (Å²) in [6.07, 6.45) is -3.81. The van der Waals surface area contributed by atoms with Gasteiger partial charge in [-0.3, -0.25) is 0 Å². The topological polar surface area (TPSA) is 39.2 Å². The Hall–Kier alpha value is -1.49. The van der Waals surface area contributed by atoms with E-state index < -0.39 is 11.9 Å². The summed E-state index contributed by atoms with van der Waals surface area (Å²) >= 11 is 0. The second kappa shape index (κ2) is 3.83. The fraction of sp³-hybridized carbons (Fsp3) is 0.273. The van der Waals surface area contributed by atoms with Crippen LogP contribution in [-0.4, -0.2) is 6.54 Å². The number of halogens is 3.